The number of halogens is 2. The molecule has 2 aromatic carbocycles. The van der Waals surface area contributed by atoms with Crippen molar-refractivity contribution in [3.8, 4) is 0 Å². The van der Waals surface area contributed by atoms with E-state index in [4.69, 9.17) is 23.2 Å². The third-order valence-electron chi connectivity index (χ3n) is 2.70. The molecular weight excluding hydrogens is 295 g/mol. The average molecular weight is 307 g/mol. The quantitative estimate of drug-likeness (QED) is 0.672. The van der Waals surface area contributed by atoms with Crippen LogP contribution in [0.1, 0.15) is 22.8 Å². The smallest absolute Gasteiger partial charge is 0.267 e. The maximum absolute atomic E-state index is 11.8. The molecule has 0 bridgehead atoms. The first kappa shape index (κ1) is 14.6. The zero-order valence-electron chi connectivity index (χ0n) is 10.7. The fraction of sp³-hybridized carbons (Fsp3) is 0.0667. The number of rotatable bonds is 3. The van der Waals surface area contributed by atoms with Gasteiger partial charge in [0, 0.05) is 5.56 Å². The van der Waals surface area contributed by atoms with Gasteiger partial charge in [0.1, 0.15) is 0 Å². The van der Waals surface area contributed by atoms with Crippen molar-refractivity contribution in [2.24, 2.45) is 5.10 Å². The molecule has 5 heteroatoms. The van der Waals surface area contributed by atoms with Crippen LogP contribution in [0, 0.1) is 0 Å². The van der Waals surface area contributed by atoms with Crippen molar-refractivity contribution in [3.05, 3.63) is 69.7 Å². The van der Waals surface area contributed by atoms with E-state index in [0.717, 1.165) is 5.56 Å². The molecule has 2 rings (SSSR count). The van der Waals surface area contributed by atoms with Gasteiger partial charge in [-0.15, -0.1) is 0 Å². The Morgan fingerprint density at radius 3 is 2.35 bits per heavy atom. The number of carbonyl (C=O) groups excluding carboxylic acids is 1. The van der Waals surface area contributed by atoms with Gasteiger partial charge in [-0.05, 0) is 36.8 Å². The molecule has 0 saturated carbocycles. The van der Waals surface area contributed by atoms with Crippen molar-refractivity contribution < 1.29 is 4.79 Å². The van der Waals surface area contributed by atoms with Crippen LogP contribution in [0.25, 0.3) is 0 Å². The molecule has 0 saturated heterocycles. The minimum absolute atomic E-state index is 0.259. The summed E-state index contributed by atoms with van der Waals surface area (Å²) >= 11 is 11.8. The topological polar surface area (TPSA) is 41.5 Å². The van der Waals surface area contributed by atoms with Gasteiger partial charge in [0.2, 0.25) is 0 Å². The minimum atomic E-state index is -0.259. The van der Waals surface area contributed by atoms with Gasteiger partial charge in [-0.1, -0.05) is 47.5 Å². The van der Waals surface area contributed by atoms with Gasteiger partial charge in [-0.3, -0.25) is 4.79 Å². The van der Waals surface area contributed by atoms with Crippen molar-refractivity contribution in [1.82, 2.24) is 5.43 Å². The standard InChI is InChI=1S/C15H12Cl2N2O/c1-10(12-7-8-13(16)14(17)9-12)18-19-15(20)11-5-3-2-4-6-11/h2-9H,1H3,(H,19,20). The molecule has 0 fully saturated rings. The van der Waals surface area contributed by atoms with Crippen LogP contribution in [0.4, 0.5) is 0 Å². The van der Waals surface area contributed by atoms with Gasteiger partial charge < -0.3 is 0 Å². The molecule has 1 N–H and O–H groups in total. The highest BCUT2D eigenvalue weighted by molar-refractivity contribution is 6.42. The molecule has 0 heterocycles. The molecule has 20 heavy (non-hydrogen) atoms. The average Bonchev–Trinajstić information content (AvgIpc) is 2.48. The molecule has 0 aliphatic rings. The van der Waals surface area contributed by atoms with Crippen LogP contribution in [0.2, 0.25) is 10.0 Å². The lowest BCUT2D eigenvalue weighted by molar-refractivity contribution is 0.0955. The minimum Gasteiger partial charge on any atom is -0.267 e. The highest BCUT2D eigenvalue weighted by Gasteiger charge is 2.05. The van der Waals surface area contributed by atoms with Crippen LogP contribution in [0.15, 0.2) is 53.6 Å². The van der Waals surface area contributed by atoms with Crippen molar-refractivity contribution >= 4 is 34.8 Å². The monoisotopic (exact) mass is 306 g/mol. The van der Waals surface area contributed by atoms with E-state index < -0.39 is 0 Å². The Bertz CT molecular complexity index is 654. The Morgan fingerprint density at radius 1 is 1.00 bits per heavy atom. The lowest BCUT2D eigenvalue weighted by Gasteiger charge is -2.04. The normalized spacial score (nSPS) is 11.2. The molecule has 0 unspecified atom stereocenters. The highest BCUT2D eigenvalue weighted by atomic mass is 35.5. The van der Waals surface area contributed by atoms with E-state index in [0.29, 0.717) is 21.3 Å². The van der Waals surface area contributed by atoms with Crippen LogP contribution >= 0.6 is 23.2 Å². The maximum Gasteiger partial charge on any atom is 0.271 e. The Balaban J connectivity index is 2.11. The molecule has 0 aliphatic heterocycles. The number of hydrogen-bond acceptors (Lipinski definition) is 2. The number of amides is 1. The van der Waals surface area contributed by atoms with Crippen molar-refractivity contribution in [1.29, 1.82) is 0 Å². The molecular formula is C15H12Cl2N2O. The molecule has 0 spiro atoms. The van der Waals surface area contributed by atoms with Gasteiger partial charge in [-0.25, -0.2) is 5.43 Å². The fourth-order valence-electron chi connectivity index (χ4n) is 1.57. The number of hydrogen-bond donors (Lipinski definition) is 1. The third-order valence-corrected chi connectivity index (χ3v) is 3.44. The number of nitrogens with zero attached hydrogens (tertiary/aromatic N) is 1. The van der Waals surface area contributed by atoms with Gasteiger partial charge >= 0.3 is 0 Å². The van der Waals surface area contributed by atoms with Crippen molar-refractivity contribution in [2.45, 2.75) is 6.92 Å². The summed E-state index contributed by atoms with van der Waals surface area (Å²) in [5.41, 5.74) is 4.50. The maximum atomic E-state index is 11.8. The molecule has 2 aromatic rings. The second-order valence-corrected chi connectivity index (χ2v) is 4.95. The molecule has 0 aromatic heterocycles. The van der Waals surface area contributed by atoms with E-state index in [2.05, 4.69) is 10.5 Å². The van der Waals surface area contributed by atoms with Crippen LogP contribution in [0.3, 0.4) is 0 Å². The molecule has 0 aliphatic carbocycles. The zero-order valence-corrected chi connectivity index (χ0v) is 12.2. The van der Waals surface area contributed by atoms with E-state index in [1.165, 1.54) is 0 Å². The van der Waals surface area contributed by atoms with Crippen molar-refractivity contribution in [3.63, 3.8) is 0 Å². The van der Waals surface area contributed by atoms with Crippen molar-refractivity contribution in [2.75, 3.05) is 0 Å². The summed E-state index contributed by atoms with van der Waals surface area (Å²) < 4.78 is 0. The first-order valence-corrected chi connectivity index (χ1v) is 6.68. The SMILES string of the molecule is CC(=NNC(=O)c1ccccc1)c1ccc(Cl)c(Cl)c1. The molecule has 102 valence electrons. The van der Waals surface area contributed by atoms with Crippen LogP contribution in [-0.2, 0) is 0 Å². The van der Waals surface area contributed by atoms with E-state index in [9.17, 15) is 4.79 Å². The molecule has 1 amide bonds. The summed E-state index contributed by atoms with van der Waals surface area (Å²) in [6.07, 6.45) is 0. The highest BCUT2D eigenvalue weighted by Crippen LogP contribution is 2.22. The Labute approximate surface area is 127 Å². The predicted molar refractivity (Wildman–Crippen MR) is 82.6 cm³/mol. The lowest BCUT2D eigenvalue weighted by atomic mass is 10.1. The Kier molecular flexibility index (Phi) is 4.77. The second kappa shape index (κ2) is 6.55. The first-order chi connectivity index (χ1) is 9.58. The lowest BCUT2D eigenvalue weighted by Crippen LogP contribution is -2.19. The summed E-state index contributed by atoms with van der Waals surface area (Å²) in [5.74, 6) is -0.259. The summed E-state index contributed by atoms with van der Waals surface area (Å²) in [5, 5.41) is 4.99. The third kappa shape index (κ3) is 3.59. The first-order valence-electron chi connectivity index (χ1n) is 5.93. The van der Waals surface area contributed by atoms with Gasteiger partial charge in [-0.2, -0.15) is 5.10 Å². The molecule has 0 atom stereocenters. The Morgan fingerprint density at radius 2 is 1.70 bits per heavy atom. The largest absolute Gasteiger partial charge is 0.271 e. The van der Waals surface area contributed by atoms with E-state index >= 15 is 0 Å². The summed E-state index contributed by atoms with van der Waals surface area (Å²) in [4.78, 5) is 11.8. The number of benzene rings is 2. The van der Waals surface area contributed by atoms with E-state index in [-0.39, 0.29) is 5.91 Å². The number of carbonyl (C=O) groups is 1. The van der Waals surface area contributed by atoms with Gasteiger partial charge in [0.05, 0.1) is 15.8 Å². The second-order valence-electron chi connectivity index (χ2n) is 4.13. The van der Waals surface area contributed by atoms with E-state index in [1.54, 1.807) is 49.4 Å². The van der Waals surface area contributed by atoms with Gasteiger partial charge in [0.25, 0.3) is 5.91 Å². The molecule has 3 nitrogen and oxygen atoms in total. The summed E-state index contributed by atoms with van der Waals surface area (Å²) in [6.45, 7) is 1.78. The van der Waals surface area contributed by atoms with Gasteiger partial charge in [0.15, 0.2) is 0 Å². The number of nitrogens with one attached hydrogen (secondary N) is 1. The predicted octanol–water partition coefficient (Wildman–Crippen LogP) is 4.15. The Hall–Kier alpha value is -1.84. The van der Waals surface area contributed by atoms with Crippen LogP contribution in [0.5, 0.6) is 0 Å². The fourth-order valence-corrected chi connectivity index (χ4v) is 1.87. The van der Waals surface area contributed by atoms with Crippen LogP contribution < -0.4 is 5.43 Å². The zero-order chi connectivity index (χ0) is 14.5. The van der Waals surface area contributed by atoms with E-state index in [1.807, 2.05) is 6.07 Å². The summed E-state index contributed by atoms with van der Waals surface area (Å²) in [7, 11) is 0. The number of hydrazone groups is 1. The summed E-state index contributed by atoms with van der Waals surface area (Å²) in [6, 6.07) is 14.1. The molecule has 0 radical (unpaired) electrons. The van der Waals surface area contributed by atoms with Crippen LogP contribution in [-0.4, -0.2) is 11.6 Å².